The number of carbonyl (C=O) groups is 1. The number of thioether (sulfide) groups is 1. The Balaban J connectivity index is 1.93. The normalized spacial score (nSPS) is 16.5. The molecule has 2 rings (SSSR count). The minimum absolute atomic E-state index is 0.0170. The van der Waals surface area contributed by atoms with E-state index in [0.717, 1.165) is 18.2 Å². The van der Waals surface area contributed by atoms with Gasteiger partial charge in [0.15, 0.2) is 5.78 Å². The zero-order valence-electron chi connectivity index (χ0n) is 10.7. The molecule has 0 atom stereocenters. The van der Waals surface area contributed by atoms with Crippen molar-refractivity contribution in [2.45, 2.75) is 19.8 Å². The van der Waals surface area contributed by atoms with Crippen LogP contribution in [0.15, 0.2) is 18.2 Å². The molecule has 0 spiro atoms. The number of hydrogen-bond acceptors (Lipinski definition) is 4. The third-order valence-corrected chi connectivity index (χ3v) is 4.42. The van der Waals surface area contributed by atoms with Gasteiger partial charge in [0.05, 0.1) is 0 Å². The number of nitrogen functional groups attached to an aromatic ring is 1. The van der Waals surface area contributed by atoms with Crippen LogP contribution in [0.2, 0.25) is 0 Å². The molecule has 0 aromatic heterocycles. The molecule has 0 saturated carbocycles. The van der Waals surface area contributed by atoms with Crippen molar-refractivity contribution in [3.8, 4) is 0 Å². The molecule has 1 saturated heterocycles. The summed E-state index contributed by atoms with van der Waals surface area (Å²) >= 11 is 2.04. The third kappa shape index (κ3) is 3.42. The van der Waals surface area contributed by atoms with Gasteiger partial charge in [-0.3, -0.25) is 4.79 Å². The second-order valence-corrected chi connectivity index (χ2v) is 6.02. The number of hydrogen-bond donors (Lipinski definition) is 2. The summed E-state index contributed by atoms with van der Waals surface area (Å²) in [5, 5.41) is 3.42. The zero-order chi connectivity index (χ0) is 13.0. The van der Waals surface area contributed by atoms with Gasteiger partial charge in [-0.15, -0.1) is 0 Å². The minimum atomic E-state index is 0.0170. The van der Waals surface area contributed by atoms with E-state index < -0.39 is 0 Å². The first-order chi connectivity index (χ1) is 8.66. The Kier molecular flexibility index (Phi) is 4.53. The van der Waals surface area contributed by atoms with E-state index in [0.29, 0.717) is 11.3 Å². The molecule has 0 unspecified atom stereocenters. The van der Waals surface area contributed by atoms with Gasteiger partial charge in [0.1, 0.15) is 0 Å². The smallest absolute Gasteiger partial charge is 0.161 e. The van der Waals surface area contributed by atoms with Crippen LogP contribution in [0.1, 0.15) is 30.1 Å². The lowest BCUT2D eigenvalue weighted by atomic mass is 10.0. The molecule has 1 heterocycles. The quantitative estimate of drug-likeness (QED) is 0.648. The third-order valence-electron chi connectivity index (χ3n) is 3.37. The fourth-order valence-corrected chi connectivity index (χ4v) is 3.41. The van der Waals surface area contributed by atoms with Crippen molar-refractivity contribution in [1.29, 1.82) is 0 Å². The number of rotatable bonds is 4. The SMILES string of the molecule is CC(=O)c1ccc(NCC2CCSCC2)cc1N. The Morgan fingerprint density at radius 1 is 1.44 bits per heavy atom. The lowest BCUT2D eigenvalue weighted by Crippen LogP contribution is -2.19. The topological polar surface area (TPSA) is 55.1 Å². The predicted molar refractivity (Wildman–Crippen MR) is 79.4 cm³/mol. The molecular formula is C14H20N2OS. The molecule has 0 aliphatic carbocycles. The van der Waals surface area contributed by atoms with Crippen LogP contribution in [0.25, 0.3) is 0 Å². The van der Waals surface area contributed by atoms with E-state index in [1.807, 2.05) is 23.9 Å². The van der Waals surface area contributed by atoms with Gasteiger partial charge in [-0.25, -0.2) is 0 Å². The highest BCUT2D eigenvalue weighted by molar-refractivity contribution is 7.99. The van der Waals surface area contributed by atoms with Gasteiger partial charge in [-0.05, 0) is 55.4 Å². The van der Waals surface area contributed by atoms with E-state index in [9.17, 15) is 4.79 Å². The van der Waals surface area contributed by atoms with Crippen LogP contribution in [0.4, 0.5) is 11.4 Å². The number of benzene rings is 1. The lowest BCUT2D eigenvalue weighted by molar-refractivity contribution is 0.101. The minimum Gasteiger partial charge on any atom is -0.398 e. The van der Waals surface area contributed by atoms with E-state index in [-0.39, 0.29) is 5.78 Å². The fraction of sp³-hybridized carbons (Fsp3) is 0.500. The number of anilines is 2. The molecule has 18 heavy (non-hydrogen) atoms. The first-order valence-corrected chi connectivity index (χ1v) is 7.54. The summed E-state index contributed by atoms with van der Waals surface area (Å²) in [5.74, 6) is 3.33. The van der Waals surface area contributed by atoms with E-state index in [2.05, 4.69) is 5.32 Å². The summed E-state index contributed by atoms with van der Waals surface area (Å²) in [7, 11) is 0. The average Bonchev–Trinajstić information content (AvgIpc) is 2.37. The van der Waals surface area contributed by atoms with Gasteiger partial charge >= 0.3 is 0 Å². The first-order valence-electron chi connectivity index (χ1n) is 6.39. The first kappa shape index (κ1) is 13.3. The Labute approximate surface area is 113 Å². The van der Waals surface area contributed by atoms with Crippen molar-refractivity contribution >= 4 is 28.9 Å². The molecule has 1 aromatic rings. The van der Waals surface area contributed by atoms with Gasteiger partial charge in [-0.2, -0.15) is 11.8 Å². The predicted octanol–water partition coefficient (Wildman–Crippen LogP) is 3.03. The molecule has 0 bridgehead atoms. The van der Waals surface area contributed by atoms with Crippen LogP contribution in [0.3, 0.4) is 0 Å². The molecule has 3 nitrogen and oxygen atoms in total. The number of nitrogens with two attached hydrogens (primary N) is 1. The van der Waals surface area contributed by atoms with Gasteiger partial charge < -0.3 is 11.1 Å². The van der Waals surface area contributed by atoms with E-state index in [1.54, 1.807) is 13.0 Å². The molecule has 0 radical (unpaired) electrons. The van der Waals surface area contributed by atoms with Crippen molar-refractivity contribution in [1.82, 2.24) is 0 Å². The molecule has 98 valence electrons. The van der Waals surface area contributed by atoms with Crippen LogP contribution in [0.5, 0.6) is 0 Å². The van der Waals surface area contributed by atoms with Crippen LogP contribution in [-0.2, 0) is 0 Å². The van der Waals surface area contributed by atoms with Crippen molar-refractivity contribution in [3.05, 3.63) is 23.8 Å². The molecule has 1 aliphatic rings. The monoisotopic (exact) mass is 264 g/mol. The second-order valence-electron chi connectivity index (χ2n) is 4.79. The molecule has 4 heteroatoms. The summed E-state index contributed by atoms with van der Waals surface area (Å²) in [6.07, 6.45) is 2.58. The number of carbonyl (C=O) groups excluding carboxylic acids is 1. The number of Topliss-reactive ketones (excluding diaryl/α,β-unsaturated/α-hetero) is 1. The maximum atomic E-state index is 11.3. The summed E-state index contributed by atoms with van der Waals surface area (Å²) in [6, 6.07) is 5.59. The van der Waals surface area contributed by atoms with Crippen molar-refractivity contribution < 1.29 is 4.79 Å². The lowest BCUT2D eigenvalue weighted by Gasteiger charge is -2.22. The summed E-state index contributed by atoms with van der Waals surface area (Å²) in [5.41, 5.74) is 8.04. The van der Waals surface area contributed by atoms with E-state index >= 15 is 0 Å². The van der Waals surface area contributed by atoms with Crippen LogP contribution in [-0.4, -0.2) is 23.8 Å². The largest absolute Gasteiger partial charge is 0.398 e. The zero-order valence-corrected chi connectivity index (χ0v) is 11.6. The summed E-state index contributed by atoms with van der Waals surface area (Å²) in [4.78, 5) is 11.3. The number of ketones is 1. The Morgan fingerprint density at radius 2 is 2.17 bits per heavy atom. The highest BCUT2D eigenvalue weighted by atomic mass is 32.2. The highest BCUT2D eigenvalue weighted by Gasteiger charge is 2.13. The van der Waals surface area contributed by atoms with Crippen molar-refractivity contribution in [3.63, 3.8) is 0 Å². The fourth-order valence-electron chi connectivity index (χ4n) is 2.21. The Morgan fingerprint density at radius 3 is 2.78 bits per heavy atom. The summed E-state index contributed by atoms with van der Waals surface area (Å²) < 4.78 is 0. The van der Waals surface area contributed by atoms with Gasteiger partial charge in [-0.1, -0.05) is 0 Å². The number of nitrogens with one attached hydrogen (secondary N) is 1. The molecule has 0 amide bonds. The Hall–Kier alpha value is -1.16. The second kappa shape index (κ2) is 6.14. The van der Waals surface area contributed by atoms with Crippen molar-refractivity contribution in [2.24, 2.45) is 5.92 Å². The van der Waals surface area contributed by atoms with E-state index in [4.69, 9.17) is 5.73 Å². The molecular weight excluding hydrogens is 244 g/mol. The van der Waals surface area contributed by atoms with Gasteiger partial charge in [0.2, 0.25) is 0 Å². The molecule has 1 aliphatic heterocycles. The van der Waals surface area contributed by atoms with Crippen molar-refractivity contribution in [2.75, 3.05) is 29.1 Å². The average molecular weight is 264 g/mol. The maximum absolute atomic E-state index is 11.3. The van der Waals surface area contributed by atoms with Crippen LogP contribution < -0.4 is 11.1 Å². The molecule has 3 N–H and O–H groups in total. The van der Waals surface area contributed by atoms with E-state index in [1.165, 1.54) is 24.3 Å². The Bertz CT molecular complexity index is 428. The maximum Gasteiger partial charge on any atom is 0.161 e. The standard InChI is InChI=1S/C14H20N2OS/c1-10(17)13-3-2-12(8-14(13)15)16-9-11-4-6-18-7-5-11/h2-3,8,11,16H,4-7,9,15H2,1H3. The van der Waals surface area contributed by atoms with Gasteiger partial charge in [0, 0.05) is 23.5 Å². The highest BCUT2D eigenvalue weighted by Crippen LogP contribution is 2.24. The van der Waals surface area contributed by atoms with Gasteiger partial charge in [0.25, 0.3) is 0 Å². The van der Waals surface area contributed by atoms with Crippen LogP contribution in [0, 0.1) is 5.92 Å². The molecule has 1 aromatic carbocycles. The van der Waals surface area contributed by atoms with Crippen LogP contribution >= 0.6 is 11.8 Å². The summed E-state index contributed by atoms with van der Waals surface area (Å²) in [6.45, 7) is 2.54. The molecule has 1 fully saturated rings.